The summed E-state index contributed by atoms with van der Waals surface area (Å²) >= 11 is 0. The SMILES string of the molecule is Nc1cc(F)ccc1S(=O)Cc1ccc(F)cc1. The van der Waals surface area contributed by atoms with Crippen LogP contribution in [0.15, 0.2) is 47.4 Å². The van der Waals surface area contributed by atoms with Crippen molar-refractivity contribution in [1.29, 1.82) is 0 Å². The van der Waals surface area contributed by atoms with E-state index in [-0.39, 0.29) is 17.3 Å². The van der Waals surface area contributed by atoms with Crippen LogP contribution in [0.25, 0.3) is 0 Å². The van der Waals surface area contributed by atoms with E-state index in [0.29, 0.717) is 4.90 Å². The van der Waals surface area contributed by atoms with Crippen molar-refractivity contribution in [2.45, 2.75) is 10.6 Å². The third-order valence-corrected chi connectivity index (χ3v) is 3.89. The van der Waals surface area contributed by atoms with E-state index < -0.39 is 16.6 Å². The molecule has 94 valence electrons. The van der Waals surface area contributed by atoms with Gasteiger partial charge in [0.2, 0.25) is 0 Å². The molecule has 0 aliphatic heterocycles. The molecule has 2 rings (SSSR count). The summed E-state index contributed by atoms with van der Waals surface area (Å²) in [6.07, 6.45) is 0. The molecule has 5 heteroatoms. The van der Waals surface area contributed by atoms with Gasteiger partial charge < -0.3 is 5.73 Å². The molecule has 2 N–H and O–H groups in total. The molecule has 0 aromatic heterocycles. The lowest BCUT2D eigenvalue weighted by molar-refractivity contribution is 0.626. The van der Waals surface area contributed by atoms with E-state index in [1.54, 1.807) is 12.1 Å². The Balaban J connectivity index is 2.19. The second-order valence-electron chi connectivity index (χ2n) is 3.80. The minimum atomic E-state index is -1.37. The van der Waals surface area contributed by atoms with Crippen molar-refractivity contribution in [3.05, 3.63) is 59.7 Å². The Morgan fingerprint density at radius 1 is 1.00 bits per heavy atom. The molecule has 2 aromatic carbocycles. The first kappa shape index (κ1) is 12.7. The molecule has 0 saturated heterocycles. The van der Waals surface area contributed by atoms with Crippen LogP contribution in [0.3, 0.4) is 0 Å². The van der Waals surface area contributed by atoms with Crippen molar-refractivity contribution in [2.24, 2.45) is 0 Å². The number of nitrogen functional groups attached to an aromatic ring is 1. The smallest absolute Gasteiger partial charge is 0.125 e. The van der Waals surface area contributed by atoms with Gasteiger partial charge >= 0.3 is 0 Å². The zero-order chi connectivity index (χ0) is 13.1. The standard InChI is InChI=1S/C13H11F2NOS/c14-10-3-1-9(2-4-10)8-18(17)13-6-5-11(15)7-12(13)16/h1-7H,8,16H2. The van der Waals surface area contributed by atoms with Gasteiger partial charge in [-0.25, -0.2) is 8.78 Å². The molecular weight excluding hydrogens is 256 g/mol. The molecule has 0 fully saturated rings. The molecule has 2 aromatic rings. The third kappa shape index (κ3) is 2.92. The summed E-state index contributed by atoms with van der Waals surface area (Å²) in [4.78, 5) is 0.390. The fraction of sp³-hybridized carbons (Fsp3) is 0.0769. The Hall–Kier alpha value is -1.75. The van der Waals surface area contributed by atoms with Crippen molar-refractivity contribution in [2.75, 3.05) is 5.73 Å². The summed E-state index contributed by atoms with van der Waals surface area (Å²) in [5, 5.41) is 0. The lowest BCUT2D eigenvalue weighted by Gasteiger charge is -2.06. The average molecular weight is 267 g/mol. The summed E-state index contributed by atoms with van der Waals surface area (Å²) < 4.78 is 37.6. The van der Waals surface area contributed by atoms with E-state index in [4.69, 9.17) is 5.73 Å². The average Bonchev–Trinajstić information content (AvgIpc) is 2.32. The van der Waals surface area contributed by atoms with Gasteiger partial charge in [-0.15, -0.1) is 0 Å². The van der Waals surface area contributed by atoms with Gasteiger partial charge in [0.05, 0.1) is 27.1 Å². The maximum Gasteiger partial charge on any atom is 0.125 e. The maximum atomic E-state index is 12.9. The number of nitrogens with two attached hydrogens (primary N) is 1. The minimum Gasteiger partial charge on any atom is -0.398 e. The summed E-state index contributed by atoms with van der Waals surface area (Å²) in [6.45, 7) is 0. The number of benzene rings is 2. The second-order valence-corrected chi connectivity index (χ2v) is 5.22. The molecule has 0 bridgehead atoms. The van der Waals surface area contributed by atoms with Gasteiger partial charge in [0.25, 0.3) is 0 Å². The monoisotopic (exact) mass is 267 g/mol. The highest BCUT2D eigenvalue weighted by molar-refractivity contribution is 7.84. The van der Waals surface area contributed by atoms with Crippen LogP contribution in [0.5, 0.6) is 0 Å². The van der Waals surface area contributed by atoms with Gasteiger partial charge in [-0.2, -0.15) is 0 Å². The van der Waals surface area contributed by atoms with Crippen LogP contribution in [0, 0.1) is 11.6 Å². The molecule has 0 amide bonds. The highest BCUT2D eigenvalue weighted by Gasteiger charge is 2.09. The van der Waals surface area contributed by atoms with Crippen molar-refractivity contribution < 1.29 is 13.0 Å². The quantitative estimate of drug-likeness (QED) is 0.869. The highest BCUT2D eigenvalue weighted by atomic mass is 32.2. The first-order valence-electron chi connectivity index (χ1n) is 5.24. The van der Waals surface area contributed by atoms with Crippen molar-refractivity contribution in [3.63, 3.8) is 0 Å². The molecule has 0 aliphatic rings. The largest absolute Gasteiger partial charge is 0.398 e. The summed E-state index contributed by atoms with van der Waals surface area (Å²) in [7, 11) is -1.37. The Bertz CT molecular complexity index is 584. The van der Waals surface area contributed by atoms with Crippen LogP contribution in [-0.2, 0) is 16.6 Å². The topological polar surface area (TPSA) is 43.1 Å². The van der Waals surface area contributed by atoms with Crippen LogP contribution < -0.4 is 5.73 Å². The van der Waals surface area contributed by atoms with Crippen LogP contribution in [0.4, 0.5) is 14.5 Å². The first-order chi connectivity index (χ1) is 8.56. The van der Waals surface area contributed by atoms with E-state index >= 15 is 0 Å². The molecular formula is C13H11F2NOS. The van der Waals surface area contributed by atoms with Crippen LogP contribution in [0.1, 0.15) is 5.56 Å². The zero-order valence-electron chi connectivity index (χ0n) is 9.40. The van der Waals surface area contributed by atoms with E-state index in [0.717, 1.165) is 11.6 Å². The second kappa shape index (κ2) is 5.27. The fourth-order valence-electron chi connectivity index (χ4n) is 1.54. The summed E-state index contributed by atoms with van der Waals surface area (Å²) in [5.74, 6) is -0.586. The number of halogens is 2. The Kier molecular flexibility index (Phi) is 3.72. The molecule has 2 nitrogen and oxygen atoms in total. The first-order valence-corrected chi connectivity index (χ1v) is 6.56. The Morgan fingerprint density at radius 2 is 1.61 bits per heavy atom. The predicted octanol–water partition coefficient (Wildman–Crippen LogP) is 2.85. The Morgan fingerprint density at radius 3 is 2.22 bits per heavy atom. The van der Waals surface area contributed by atoms with Gasteiger partial charge in [0, 0.05) is 0 Å². The Labute approximate surface area is 106 Å². The van der Waals surface area contributed by atoms with Gasteiger partial charge in [0.15, 0.2) is 0 Å². The minimum absolute atomic E-state index is 0.162. The van der Waals surface area contributed by atoms with Gasteiger partial charge in [-0.3, -0.25) is 4.21 Å². The highest BCUT2D eigenvalue weighted by Crippen LogP contribution is 2.20. The number of rotatable bonds is 3. The molecule has 0 spiro atoms. The van der Waals surface area contributed by atoms with Crippen LogP contribution in [0.2, 0.25) is 0 Å². The molecule has 0 radical (unpaired) electrons. The molecule has 18 heavy (non-hydrogen) atoms. The molecule has 1 unspecified atom stereocenters. The zero-order valence-corrected chi connectivity index (χ0v) is 10.2. The molecule has 0 heterocycles. The van der Waals surface area contributed by atoms with E-state index in [9.17, 15) is 13.0 Å². The number of hydrogen-bond donors (Lipinski definition) is 1. The van der Waals surface area contributed by atoms with Gasteiger partial charge in [-0.1, -0.05) is 12.1 Å². The van der Waals surface area contributed by atoms with Gasteiger partial charge in [-0.05, 0) is 35.9 Å². The molecule has 0 aliphatic carbocycles. The van der Waals surface area contributed by atoms with Gasteiger partial charge in [0.1, 0.15) is 11.6 Å². The van der Waals surface area contributed by atoms with E-state index in [1.165, 1.54) is 24.3 Å². The third-order valence-electron chi connectivity index (χ3n) is 2.43. The maximum absolute atomic E-state index is 12.9. The number of hydrogen-bond acceptors (Lipinski definition) is 2. The van der Waals surface area contributed by atoms with Crippen LogP contribution in [-0.4, -0.2) is 4.21 Å². The lowest BCUT2D eigenvalue weighted by Crippen LogP contribution is -2.01. The number of anilines is 1. The normalized spacial score (nSPS) is 12.3. The van der Waals surface area contributed by atoms with Crippen molar-refractivity contribution >= 4 is 16.5 Å². The van der Waals surface area contributed by atoms with Crippen LogP contribution >= 0.6 is 0 Å². The summed E-state index contributed by atoms with van der Waals surface area (Å²) in [6, 6.07) is 9.50. The molecule has 0 saturated carbocycles. The van der Waals surface area contributed by atoms with E-state index in [1.807, 2.05) is 0 Å². The predicted molar refractivity (Wildman–Crippen MR) is 67.3 cm³/mol. The fourth-order valence-corrected chi connectivity index (χ4v) is 2.73. The van der Waals surface area contributed by atoms with Crippen molar-refractivity contribution in [1.82, 2.24) is 0 Å². The van der Waals surface area contributed by atoms with Crippen molar-refractivity contribution in [3.8, 4) is 0 Å². The lowest BCUT2D eigenvalue weighted by atomic mass is 10.2. The molecule has 1 atom stereocenters. The van der Waals surface area contributed by atoms with E-state index in [2.05, 4.69) is 0 Å². The summed E-state index contributed by atoms with van der Waals surface area (Å²) in [5.41, 5.74) is 6.50.